The third-order valence-corrected chi connectivity index (χ3v) is 4.68. The smallest absolute Gasteiger partial charge is 0.418 e. The summed E-state index contributed by atoms with van der Waals surface area (Å²) in [5.41, 5.74) is 4.13. The Morgan fingerprint density at radius 2 is 1.56 bits per heavy atom. The van der Waals surface area contributed by atoms with Crippen LogP contribution in [0.4, 0.5) is 5.69 Å². The van der Waals surface area contributed by atoms with E-state index < -0.39 is 40.5 Å². The van der Waals surface area contributed by atoms with Crippen molar-refractivity contribution in [3.05, 3.63) is 60.2 Å². The van der Waals surface area contributed by atoms with Crippen molar-refractivity contribution >= 4 is 33.7 Å². The number of ether oxygens (including phenoxy) is 2. The largest absolute Gasteiger partial charge is 0.457 e. The van der Waals surface area contributed by atoms with E-state index in [9.17, 15) is 22.8 Å². The van der Waals surface area contributed by atoms with Crippen LogP contribution >= 0.6 is 0 Å². The molecule has 0 aliphatic heterocycles. The van der Waals surface area contributed by atoms with Crippen LogP contribution in [0.25, 0.3) is 0 Å². The Bertz CT molecular complexity index is 1010. The van der Waals surface area contributed by atoms with Crippen LogP contribution in [-0.2, 0) is 40.4 Å². The normalized spacial score (nSPS) is 10.8. The minimum absolute atomic E-state index is 0.0272. The topological polar surface area (TPSA) is 163 Å². The maximum atomic E-state index is 11.9. The van der Waals surface area contributed by atoms with Crippen molar-refractivity contribution in [1.82, 2.24) is 5.43 Å². The SMILES string of the molecule is NNCCc1ccc(NC(=O)CCOC(=O)C(=O)OCS(=O)(=O)Oc2ccccc2)cc1. The number of para-hydroxylation sites is 1. The second-order valence-electron chi connectivity index (χ2n) is 6.34. The third-order valence-electron chi connectivity index (χ3n) is 3.83. The van der Waals surface area contributed by atoms with Gasteiger partial charge in [0.05, 0.1) is 6.42 Å². The fourth-order valence-corrected chi connectivity index (χ4v) is 3.03. The summed E-state index contributed by atoms with van der Waals surface area (Å²) in [4.78, 5) is 35.1. The molecule has 0 unspecified atom stereocenters. The van der Waals surface area contributed by atoms with Crippen LogP contribution in [0.2, 0.25) is 0 Å². The highest BCUT2D eigenvalue weighted by Crippen LogP contribution is 2.12. The van der Waals surface area contributed by atoms with Crippen molar-refractivity contribution in [1.29, 1.82) is 0 Å². The Kier molecular flexibility index (Phi) is 9.60. The lowest BCUT2D eigenvalue weighted by Gasteiger charge is -2.08. The van der Waals surface area contributed by atoms with Crippen LogP contribution in [0.5, 0.6) is 5.75 Å². The number of hydrogen-bond acceptors (Lipinski definition) is 10. The fourth-order valence-electron chi connectivity index (χ4n) is 2.32. The van der Waals surface area contributed by atoms with Gasteiger partial charge in [-0.25, -0.2) is 9.59 Å². The van der Waals surface area contributed by atoms with Gasteiger partial charge in [0, 0.05) is 12.2 Å². The van der Waals surface area contributed by atoms with Gasteiger partial charge in [0.25, 0.3) is 0 Å². The second kappa shape index (κ2) is 12.4. The van der Waals surface area contributed by atoms with E-state index in [4.69, 9.17) is 10.0 Å². The molecule has 0 bridgehead atoms. The highest BCUT2D eigenvalue weighted by Gasteiger charge is 2.22. The van der Waals surface area contributed by atoms with Crippen LogP contribution in [0.3, 0.4) is 0 Å². The van der Waals surface area contributed by atoms with Crippen molar-refractivity contribution in [2.45, 2.75) is 12.8 Å². The second-order valence-corrected chi connectivity index (χ2v) is 7.86. The van der Waals surface area contributed by atoms with E-state index in [2.05, 4.69) is 20.2 Å². The monoisotopic (exact) mass is 465 g/mol. The Morgan fingerprint density at radius 3 is 2.22 bits per heavy atom. The predicted molar refractivity (Wildman–Crippen MR) is 113 cm³/mol. The average Bonchev–Trinajstić information content (AvgIpc) is 2.77. The highest BCUT2D eigenvalue weighted by atomic mass is 32.2. The predicted octanol–water partition coefficient (Wildman–Crippen LogP) is 0.474. The first-order valence-corrected chi connectivity index (χ1v) is 11.0. The molecular weight excluding hydrogens is 442 g/mol. The number of nitrogens with one attached hydrogen (secondary N) is 2. The molecular formula is C20H23N3O8S. The molecule has 0 saturated carbocycles. The molecule has 0 fully saturated rings. The van der Waals surface area contributed by atoms with E-state index in [1.54, 1.807) is 30.3 Å². The molecule has 11 nitrogen and oxygen atoms in total. The molecule has 4 N–H and O–H groups in total. The van der Waals surface area contributed by atoms with Crippen molar-refractivity contribution in [2.24, 2.45) is 5.84 Å². The number of hydrazine groups is 1. The van der Waals surface area contributed by atoms with Crippen molar-refractivity contribution in [2.75, 3.05) is 24.4 Å². The third kappa shape index (κ3) is 9.12. The zero-order chi connectivity index (χ0) is 23.4. The number of carbonyl (C=O) groups excluding carboxylic acids is 3. The van der Waals surface area contributed by atoms with Gasteiger partial charge < -0.3 is 19.0 Å². The molecule has 0 radical (unpaired) electrons. The quantitative estimate of drug-likeness (QED) is 0.140. The molecule has 0 aromatic heterocycles. The summed E-state index contributed by atoms with van der Waals surface area (Å²) < 4.78 is 37.3. The summed E-state index contributed by atoms with van der Waals surface area (Å²) in [6, 6.07) is 14.7. The van der Waals surface area contributed by atoms with Crippen LogP contribution in [0, 0.1) is 0 Å². The Morgan fingerprint density at radius 1 is 0.906 bits per heavy atom. The minimum atomic E-state index is -4.26. The molecule has 172 valence electrons. The minimum Gasteiger partial charge on any atom is -0.457 e. The molecule has 32 heavy (non-hydrogen) atoms. The maximum Gasteiger partial charge on any atom is 0.418 e. The van der Waals surface area contributed by atoms with Gasteiger partial charge in [0.1, 0.15) is 12.4 Å². The van der Waals surface area contributed by atoms with Gasteiger partial charge in [-0.3, -0.25) is 16.1 Å². The number of carbonyl (C=O) groups is 3. The molecule has 1 amide bonds. The Balaban J connectivity index is 1.68. The first-order valence-electron chi connectivity index (χ1n) is 9.42. The summed E-state index contributed by atoms with van der Waals surface area (Å²) in [7, 11) is -4.26. The van der Waals surface area contributed by atoms with E-state index in [-0.39, 0.29) is 12.2 Å². The van der Waals surface area contributed by atoms with Gasteiger partial charge >= 0.3 is 22.1 Å². The molecule has 0 spiro atoms. The summed E-state index contributed by atoms with van der Waals surface area (Å²) >= 11 is 0. The molecule has 0 atom stereocenters. The zero-order valence-electron chi connectivity index (χ0n) is 17.0. The van der Waals surface area contributed by atoms with E-state index in [0.29, 0.717) is 12.2 Å². The molecule has 2 rings (SSSR count). The average molecular weight is 465 g/mol. The van der Waals surface area contributed by atoms with Crippen molar-refractivity contribution in [3.8, 4) is 5.75 Å². The van der Waals surface area contributed by atoms with Gasteiger partial charge in [-0.2, -0.15) is 8.42 Å². The number of nitrogens with two attached hydrogens (primary N) is 1. The van der Waals surface area contributed by atoms with Gasteiger partial charge in [0.15, 0.2) is 0 Å². The zero-order valence-corrected chi connectivity index (χ0v) is 17.8. The molecule has 2 aromatic rings. The van der Waals surface area contributed by atoms with Crippen LogP contribution in [0.1, 0.15) is 12.0 Å². The number of benzene rings is 2. The highest BCUT2D eigenvalue weighted by molar-refractivity contribution is 7.86. The molecule has 0 aliphatic rings. The van der Waals surface area contributed by atoms with Crippen molar-refractivity contribution < 1.29 is 36.5 Å². The van der Waals surface area contributed by atoms with Gasteiger partial charge in [0.2, 0.25) is 11.8 Å². The Hall–Kier alpha value is -3.48. The maximum absolute atomic E-state index is 11.9. The number of rotatable bonds is 11. The van der Waals surface area contributed by atoms with E-state index in [0.717, 1.165) is 12.0 Å². The lowest BCUT2D eigenvalue weighted by Crippen LogP contribution is -2.26. The Labute approximate surface area is 184 Å². The number of esters is 2. The molecule has 12 heteroatoms. The van der Waals surface area contributed by atoms with Crippen LogP contribution in [0.15, 0.2) is 54.6 Å². The van der Waals surface area contributed by atoms with Crippen LogP contribution in [-0.4, -0.2) is 45.4 Å². The molecule has 0 heterocycles. The number of anilines is 1. The first-order chi connectivity index (χ1) is 15.3. The van der Waals surface area contributed by atoms with Crippen molar-refractivity contribution in [3.63, 3.8) is 0 Å². The molecule has 2 aromatic carbocycles. The van der Waals surface area contributed by atoms with E-state index in [1.807, 2.05) is 12.1 Å². The summed E-state index contributed by atoms with van der Waals surface area (Å²) in [5.74, 6) is 0.684. The summed E-state index contributed by atoms with van der Waals surface area (Å²) in [5, 5.41) is 2.61. The summed E-state index contributed by atoms with van der Waals surface area (Å²) in [6.45, 7) is 0.221. The van der Waals surface area contributed by atoms with Gasteiger partial charge in [-0.1, -0.05) is 30.3 Å². The molecule has 0 aliphatic carbocycles. The number of amides is 1. The molecule has 0 saturated heterocycles. The lowest BCUT2D eigenvalue weighted by atomic mass is 10.1. The van der Waals surface area contributed by atoms with E-state index >= 15 is 0 Å². The van der Waals surface area contributed by atoms with Crippen LogP contribution < -0.4 is 20.8 Å². The standard InChI is InChI=1S/C20H23N3O8S/c21-22-12-10-15-6-8-16(9-7-15)23-18(24)11-13-29-19(25)20(26)30-14-32(27,28)31-17-4-2-1-3-5-17/h1-9,22H,10-14,21H2,(H,23,24). The fraction of sp³-hybridized carbons (Fsp3) is 0.250. The first kappa shape index (κ1) is 24.8. The number of hydrogen-bond donors (Lipinski definition) is 3. The van der Waals surface area contributed by atoms with E-state index in [1.165, 1.54) is 12.1 Å². The van der Waals surface area contributed by atoms with Gasteiger partial charge in [-0.05, 0) is 36.2 Å². The summed E-state index contributed by atoms with van der Waals surface area (Å²) in [6.07, 6.45) is 0.518. The van der Waals surface area contributed by atoms with Gasteiger partial charge in [-0.15, -0.1) is 0 Å². The lowest BCUT2D eigenvalue weighted by molar-refractivity contribution is -0.166.